The number of rotatable bonds is 7. The van der Waals surface area contributed by atoms with Gasteiger partial charge in [-0.3, -0.25) is 9.69 Å². The second-order valence-electron chi connectivity index (χ2n) is 6.23. The Morgan fingerprint density at radius 1 is 1.11 bits per heavy atom. The van der Waals surface area contributed by atoms with Crippen molar-refractivity contribution in [2.24, 2.45) is 0 Å². The van der Waals surface area contributed by atoms with E-state index in [-0.39, 0.29) is 24.9 Å². The van der Waals surface area contributed by atoms with E-state index in [2.05, 4.69) is 15.3 Å². The molecule has 1 aromatic heterocycles. The summed E-state index contributed by atoms with van der Waals surface area (Å²) in [6, 6.07) is 7.35. The first-order valence-corrected chi connectivity index (χ1v) is 9.79. The number of hydrogen-bond donors (Lipinski definition) is 0. The first-order valence-electron chi connectivity index (χ1n) is 8.91. The summed E-state index contributed by atoms with van der Waals surface area (Å²) in [5.74, 6) is 1.51. The van der Waals surface area contributed by atoms with Crippen molar-refractivity contribution in [2.45, 2.75) is 20.4 Å². The normalized spacial score (nSPS) is 14.5. The maximum absolute atomic E-state index is 12.4. The lowest BCUT2D eigenvalue weighted by Crippen LogP contribution is -2.49. The van der Waals surface area contributed by atoms with E-state index in [1.54, 1.807) is 11.3 Å². The molecule has 1 aliphatic heterocycles. The molecular weight excluding hydrogens is 386 g/mol. The summed E-state index contributed by atoms with van der Waals surface area (Å²) in [5.41, 5.74) is 1.07. The van der Waals surface area contributed by atoms with Crippen molar-refractivity contribution in [3.8, 4) is 11.5 Å². The van der Waals surface area contributed by atoms with Gasteiger partial charge in [-0.15, -0.1) is 23.7 Å². The Morgan fingerprint density at radius 3 is 2.30 bits per heavy atom. The van der Waals surface area contributed by atoms with Crippen LogP contribution >= 0.6 is 23.7 Å². The van der Waals surface area contributed by atoms with E-state index in [1.165, 1.54) is 0 Å². The SMILES string of the molecule is CCOc1ccc(OCC(=O)N2CCN(Cc3nc(C)cs3)CC2)cc1.Cl. The zero-order valence-corrected chi connectivity index (χ0v) is 17.4. The molecule has 0 unspecified atom stereocenters. The predicted molar refractivity (Wildman–Crippen MR) is 109 cm³/mol. The van der Waals surface area contributed by atoms with Crippen LogP contribution in [0.15, 0.2) is 29.6 Å². The topological polar surface area (TPSA) is 54.9 Å². The molecule has 0 N–H and O–H groups in total. The number of aromatic nitrogens is 1. The van der Waals surface area contributed by atoms with Crippen molar-refractivity contribution in [3.63, 3.8) is 0 Å². The van der Waals surface area contributed by atoms with Gasteiger partial charge in [0.1, 0.15) is 16.5 Å². The number of piperazine rings is 1. The predicted octanol–water partition coefficient (Wildman–Crippen LogP) is 3.00. The van der Waals surface area contributed by atoms with Gasteiger partial charge in [-0.1, -0.05) is 0 Å². The largest absolute Gasteiger partial charge is 0.494 e. The zero-order chi connectivity index (χ0) is 18.4. The average Bonchev–Trinajstić information content (AvgIpc) is 3.06. The van der Waals surface area contributed by atoms with Gasteiger partial charge in [0.15, 0.2) is 6.61 Å². The summed E-state index contributed by atoms with van der Waals surface area (Å²) in [6.07, 6.45) is 0. The van der Waals surface area contributed by atoms with Crippen LogP contribution in [-0.4, -0.2) is 60.1 Å². The van der Waals surface area contributed by atoms with Crippen molar-refractivity contribution >= 4 is 29.7 Å². The Morgan fingerprint density at radius 2 is 1.74 bits per heavy atom. The Hall–Kier alpha value is -1.83. The van der Waals surface area contributed by atoms with E-state index in [0.717, 1.165) is 49.2 Å². The lowest BCUT2D eigenvalue weighted by Gasteiger charge is -2.34. The van der Waals surface area contributed by atoms with Crippen molar-refractivity contribution in [3.05, 3.63) is 40.3 Å². The molecule has 1 amide bonds. The summed E-state index contributed by atoms with van der Waals surface area (Å²) >= 11 is 1.70. The van der Waals surface area contributed by atoms with Gasteiger partial charge in [0.05, 0.1) is 13.2 Å². The van der Waals surface area contributed by atoms with Gasteiger partial charge in [0, 0.05) is 37.3 Å². The molecule has 1 aliphatic rings. The number of nitrogens with zero attached hydrogens (tertiary/aromatic N) is 3. The fraction of sp³-hybridized carbons (Fsp3) is 0.474. The highest BCUT2D eigenvalue weighted by molar-refractivity contribution is 7.09. The molecule has 0 saturated carbocycles. The summed E-state index contributed by atoms with van der Waals surface area (Å²) < 4.78 is 11.0. The molecule has 0 bridgehead atoms. The highest BCUT2D eigenvalue weighted by Gasteiger charge is 2.22. The summed E-state index contributed by atoms with van der Waals surface area (Å²) in [6.45, 7) is 8.73. The molecule has 148 valence electrons. The van der Waals surface area contributed by atoms with Gasteiger partial charge in [-0.2, -0.15) is 0 Å². The van der Waals surface area contributed by atoms with Crippen LogP contribution in [0.2, 0.25) is 0 Å². The summed E-state index contributed by atoms with van der Waals surface area (Å²) in [5, 5.41) is 3.22. The van der Waals surface area contributed by atoms with Gasteiger partial charge in [0.2, 0.25) is 0 Å². The van der Waals surface area contributed by atoms with Gasteiger partial charge < -0.3 is 14.4 Å². The third-order valence-corrected chi connectivity index (χ3v) is 5.20. The van der Waals surface area contributed by atoms with Crippen LogP contribution in [0, 0.1) is 6.92 Å². The molecular formula is C19H26ClN3O3S. The lowest BCUT2D eigenvalue weighted by atomic mass is 10.3. The van der Waals surface area contributed by atoms with E-state index >= 15 is 0 Å². The average molecular weight is 412 g/mol. The highest BCUT2D eigenvalue weighted by Crippen LogP contribution is 2.18. The number of amides is 1. The molecule has 0 spiro atoms. The fourth-order valence-corrected chi connectivity index (χ4v) is 3.67. The molecule has 3 rings (SSSR count). The third-order valence-electron chi connectivity index (χ3n) is 4.25. The van der Waals surface area contributed by atoms with Crippen LogP contribution in [-0.2, 0) is 11.3 Å². The molecule has 6 nitrogen and oxygen atoms in total. The van der Waals surface area contributed by atoms with Gasteiger partial charge >= 0.3 is 0 Å². The van der Waals surface area contributed by atoms with E-state index in [1.807, 2.05) is 43.0 Å². The van der Waals surface area contributed by atoms with E-state index in [0.29, 0.717) is 12.4 Å². The number of hydrogen-bond acceptors (Lipinski definition) is 6. The first-order chi connectivity index (χ1) is 12.6. The van der Waals surface area contributed by atoms with E-state index in [9.17, 15) is 4.79 Å². The first kappa shape index (κ1) is 21.5. The summed E-state index contributed by atoms with van der Waals surface area (Å²) in [4.78, 5) is 21.1. The second kappa shape index (κ2) is 10.5. The molecule has 0 atom stereocenters. The standard InChI is InChI=1S/C19H25N3O3S.ClH/c1-3-24-16-4-6-17(7-5-16)25-13-19(23)22-10-8-21(9-11-22)12-18-20-15(2)14-26-18;/h4-7,14H,3,8-13H2,1-2H3;1H. The van der Waals surface area contributed by atoms with Crippen molar-refractivity contribution < 1.29 is 14.3 Å². The second-order valence-corrected chi connectivity index (χ2v) is 7.18. The number of carbonyl (C=O) groups excluding carboxylic acids is 1. The molecule has 1 fully saturated rings. The van der Waals surface area contributed by atoms with E-state index in [4.69, 9.17) is 9.47 Å². The van der Waals surface area contributed by atoms with Crippen molar-refractivity contribution in [2.75, 3.05) is 39.4 Å². The minimum Gasteiger partial charge on any atom is -0.494 e. The monoisotopic (exact) mass is 411 g/mol. The molecule has 1 aromatic carbocycles. The zero-order valence-electron chi connectivity index (χ0n) is 15.7. The van der Waals surface area contributed by atoms with Crippen LogP contribution in [0.5, 0.6) is 11.5 Å². The smallest absolute Gasteiger partial charge is 0.260 e. The summed E-state index contributed by atoms with van der Waals surface area (Å²) in [7, 11) is 0. The van der Waals surface area contributed by atoms with Crippen molar-refractivity contribution in [1.29, 1.82) is 0 Å². The van der Waals surface area contributed by atoms with E-state index < -0.39 is 0 Å². The number of benzene rings is 1. The number of aryl methyl sites for hydroxylation is 1. The minimum absolute atomic E-state index is 0. The van der Waals surface area contributed by atoms with Crippen LogP contribution < -0.4 is 9.47 Å². The fourth-order valence-electron chi connectivity index (χ4n) is 2.86. The maximum atomic E-state index is 12.4. The molecule has 8 heteroatoms. The van der Waals surface area contributed by atoms with Crippen molar-refractivity contribution in [1.82, 2.24) is 14.8 Å². The van der Waals surface area contributed by atoms with Crippen LogP contribution in [0.4, 0.5) is 0 Å². The molecule has 2 heterocycles. The third kappa shape index (κ3) is 6.37. The number of thiazole rings is 1. The molecule has 27 heavy (non-hydrogen) atoms. The number of ether oxygens (including phenoxy) is 2. The molecule has 0 aliphatic carbocycles. The Kier molecular flexibility index (Phi) is 8.34. The van der Waals surface area contributed by atoms with Crippen LogP contribution in [0.1, 0.15) is 17.6 Å². The highest BCUT2D eigenvalue weighted by atomic mass is 35.5. The molecule has 1 saturated heterocycles. The van der Waals surface area contributed by atoms with Crippen LogP contribution in [0.3, 0.4) is 0 Å². The lowest BCUT2D eigenvalue weighted by molar-refractivity contribution is -0.135. The maximum Gasteiger partial charge on any atom is 0.260 e. The van der Waals surface area contributed by atoms with Crippen LogP contribution in [0.25, 0.3) is 0 Å². The van der Waals surface area contributed by atoms with Gasteiger partial charge in [0.25, 0.3) is 5.91 Å². The molecule has 2 aromatic rings. The Balaban J connectivity index is 0.00000261. The number of halogens is 1. The quantitative estimate of drug-likeness (QED) is 0.701. The number of carbonyl (C=O) groups is 1. The van der Waals surface area contributed by atoms with Gasteiger partial charge in [-0.25, -0.2) is 4.98 Å². The Labute approximate surface area is 170 Å². The minimum atomic E-state index is 0. The molecule has 0 radical (unpaired) electrons. The Bertz CT molecular complexity index is 715. The van der Waals surface area contributed by atoms with Gasteiger partial charge in [-0.05, 0) is 38.1 Å².